The molecule has 0 saturated heterocycles. The highest BCUT2D eigenvalue weighted by Crippen LogP contribution is 2.29. The van der Waals surface area contributed by atoms with Crippen LogP contribution in [0.4, 0.5) is 0 Å². The maximum atomic E-state index is 13.3. The molecule has 1 unspecified atom stereocenters. The van der Waals surface area contributed by atoms with Crippen molar-refractivity contribution in [2.45, 2.75) is 39.7 Å². The van der Waals surface area contributed by atoms with Crippen molar-refractivity contribution < 1.29 is 4.79 Å². The number of tetrazole rings is 1. The second-order valence-corrected chi connectivity index (χ2v) is 8.63. The van der Waals surface area contributed by atoms with Crippen LogP contribution in [0.5, 0.6) is 0 Å². The Labute approximate surface area is 185 Å². The fraction of sp³-hybridized carbons (Fsp3) is 0.261. The Morgan fingerprint density at radius 2 is 1.87 bits per heavy atom. The summed E-state index contributed by atoms with van der Waals surface area (Å²) >= 11 is 1.52. The number of nitrogens with zero attached hydrogens (tertiary/aromatic N) is 5. The zero-order chi connectivity index (χ0) is 22.0. The van der Waals surface area contributed by atoms with Crippen LogP contribution in [0.15, 0.2) is 54.0 Å². The largest absolute Gasteiger partial charge is 0.343 e. The number of hydrogen-bond donors (Lipinski definition) is 1. The second kappa shape index (κ2) is 8.77. The van der Waals surface area contributed by atoms with Crippen LogP contribution in [0.25, 0.3) is 16.8 Å². The number of hydrogen-bond acceptors (Lipinski definition) is 6. The molecule has 2 aromatic heterocycles. The van der Waals surface area contributed by atoms with E-state index < -0.39 is 0 Å². The summed E-state index contributed by atoms with van der Waals surface area (Å²) in [6.07, 6.45) is 1.74. The number of amides is 1. The normalized spacial score (nSPS) is 12.2. The summed E-state index contributed by atoms with van der Waals surface area (Å²) in [6, 6.07) is 13.8. The molecule has 8 heteroatoms. The van der Waals surface area contributed by atoms with E-state index in [0.717, 1.165) is 33.2 Å². The standard InChI is InChI=1S/C23H24N6OS/c1-14(2)21-26-27-28-29(21)20-13-18(17-8-6-5-7-9-17)12-19(15(20)3)22(30)25-16(4)23-24-10-11-31-23/h5-14,16H,1-4H3,(H,25,30). The van der Waals surface area contributed by atoms with Gasteiger partial charge in [0, 0.05) is 23.1 Å². The van der Waals surface area contributed by atoms with Crippen LogP contribution in [-0.4, -0.2) is 31.1 Å². The summed E-state index contributed by atoms with van der Waals surface area (Å²) in [5.74, 6) is 0.728. The lowest BCUT2D eigenvalue weighted by Gasteiger charge is -2.18. The van der Waals surface area contributed by atoms with Gasteiger partial charge in [0.25, 0.3) is 5.91 Å². The lowest BCUT2D eigenvalue weighted by Crippen LogP contribution is -2.27. The Kier molecular flexibility index (Phi) is 5.90. The highest BCUT2D eigenvalue weighted by atomic mass is 32.1. The third-order valence-corrected chi connectivity index (χ3v) is 6.10. The minimum atomic E-state index is -0.185. The average Bonchev–Trinajstić information content (AvgIpc) is 3.47. The van der Waals surface area contributed by atoms with E-state index in [1.165, 1.54) is 11.3 Å². The first kappa shape index (κ1) is 20.9. The zero-order valence-electron chi connectivity index (χ0n) is 17.9. The number of thiazole rings is 1. The Hall–Kier alpha value is -3.39. The van der Waals surface area contributed by atoms with Gasteiger partial charge < -0.3 is 5.32 Å². The van der Waals surface area contributed by atoms with Gasteiger partial charge in [0.05, 0.1) is 11.7 Å². The van der Waals surface area contributed by atoms with Crippen molar-refractivity contribution in [1.82, 2.24) is 30.5 Å². The molecule has 0 aliphatic rings. The number of aromatic nitrogens is 5. The maximum Gasteiger partial charge on any atom is 0.252 e. The Morgan fingerprint density at radius 1 is 1.10 bits per heavy atom. The first-order valence-electron chi connectivity index (χ1n) is 10.1. The molecule has 158 valence electrons. The number of carbonyl (C=O) groups is 1. The van der Waals surface area contributed by atoms with Crippen LogP contribution in [-0.2, 0) is 0 Å². The minimum Gasteiger partial charge on any atom is -0.343 e. The van der Waals surface area contributed by atoms with Crippen LogP contribution in [0.2, 0.25) is 0 Å². The van der Waals surface area contributed by atoms with Gasteiger partial charge in [-0.15, -0.1) is 16.4 Å². The minimum absolute atomic E-state index is 0.136. The van der Waals surface area contributed by atoms with Crippen LogP contribution in [0, 0.1) is 6.92 Å². The summed E-state index contributed by atoms with van der Waals surface area (Å²) in [5.41, 5.74) is 4.15. The molecular weight excluding hydrogens is 408 g/mol. The third kappa shape index (κ3) is 4.25. The molecule has 31 heavy (non-hydrogen) atoms. The van der Waals surface area contributed by atoms with Crippen molar-refractivity contribution in [3.8, 4) is 16.8 Å². The summed E-state index contributed by atoms with van der Waals surface area (Å²) < 4.78 is 1.73. The van der Waals surface area contributed by atoms with E-state index in [1.807, 2.05) is 75.5 Å². The molecule has 1 atom stereocenters. The summed E-state index contributed by atoms with van der Waals surface area (Å²) in [4.78, 5) is 17.6. The van der Waals surface area contributed by atoms with E-state index >= 15 is 0 Å². The highest BCUT2D eigenvalue weighted by molar-refractivity contribution is 7.09. The molecule has 1 amide bonds. The van der Waals surface area contributed by atoms with Crippen molar-refractivity contribution in [2.75, 3.05) is 0 Å². The molecule has 0 bridgehead atoms. The molecule has 0 aliphatic carbocycles. The van der Waals surface area contributed by atoms with Gasteiger partial charge in [0.1, 0.15) is 5.01 Å². The van der Waals surface area contributed by atoms with E-state index in [4.69, 9.17) is 0 Å². The predicted octanol–water partition coefficient (Wildman–Crippen LogP) is 4.71. The maximum absolute atomic E-state index is 13.3. The molecule has 0 fully saturated rings. The summed E-state index contributed by atoms with van der Waals surface area (Å²) in [7, 11) is 0. The van der Waals surface area contributed by atoms with Crippen molar-refractivity contribution in [1.29, 1.82) is 0 Å². The van der Waals surface area contributed by atoms with E-state index in [1.54, 1.807) is 10.9 Å². The molecule has 0 spiro atoms. The van der Waals surface area contributed by atoms with Crippen LogP contribution in [0.1, 0.15) is 59.5 Å². The van der Waals surface area contributed by atoms with Gasteiger partial charge in [-0.1, -0.05) is 44.2 Å². The van der Waals surface area contributed by atoms with Crippen molar-refractivity contribution in [3.63, 3.8) is 0 Å². The van der Waals surface area contributed by atoms with Crippen molar-refractivity contribution in [2.24, 2.45) is 0 Å². The van der Waals surface area contributed by atoms with Gasteiger partial charge in [-0.2, -0.15) is 4.68 Å². The van der Waals surface area contributed by atoms with Gasteiger partial charge in [-0.05, 0) is 53.1 Å². The number of rotatable bonds is 6. The van der Waals surface area contributed by atoms with E-state index in [2.05, 4.69) is 25.8 Å². The molecule has 0 aliphatic heterocycles. The molecule has 4 aromatic rings. The van der Waals surface area contributed by atoms with Gasteiger partial charge >= 0.3 is 0 Å². The first-order valence-corrected chi connectivity index (χ1v) is 11.0. The Morgan fingerprint density at radius 3 is 2.55 bits per heavy atom. The quantitative estimate of drug-likeness (QED) is 0.477. The Bertz CT molecular complexity index is 1180. The SMILES string of the molecule is Cc1c(C(=O)NC(C)c2nccs2)cc(-c2ccccc2)cc1-n1nnnc1C(C)C. The van der Waals surface area contributed by atoms with Crippen LogP contribution < -0.4 is 5.32 Å². The second-order valence-electron chi connectivity index (χ2n) is 7.70. The topological polar surface area (TPSA) is 85.6 Å². The first-order chi connectivity index (χ1) is 15.0. The smallest absolute Gasteiger partial charge is 0.252 e. The monoisotopic (exact) mass is 432 g/mol. The lowest BCUT2D eigenvalue weighted by atomic mass is 9.97. The van der Waals surface area contributed by atoms with Gasteiger partial charge in [0.2, 0.25) is 0 Å². The van der Waals surface area contributed by atoms with Gasteiger partial charge in [-0.3, -0.25) is 4.79 Å². The average molecular weight is 433 g/mol. The van der Waals surface area contributed by atoms with Crippen LogP contribution >= 0.6 is 11.3 Å². The molecule has 1 N–H and O–H groups in total. The van der Waals surface area contributed by atoms with Crippen molar-refractivity contribution in [3.05, 3.63) is 76.0 Å². The molecule has 2 heterocycles. The molecule has 0 saturated carbocycles. The fourth-order valence-electron chi connectivity index (χ4n) is 3.46. The molecule has 7 nitrogen and oxygen atoms in total. The van der Waals surface area contributed by atoms with Crippen LogP contribution in [0.3, 0.4) is 0 Å². The summed E-state index contributed by atoms with van der Waals surface area (Å²) in [6.45, 7) is 7.95. The zero-order valence-corrected chi connectivity index (χ0v) is 18.7. The van der Waals surface area contributed by atoms with Crippen molar-refractivity contribution >= 4 is 17.2 Å². The lowest BCUT2D eigenvalue weighted by molar-refractivity contribution is 0.0939. The highest BCUT2D eigenvalue weighted by Gasteiger charge is 2.21. The van der Waals surface area contributed by atoms with E-state index in [0.29, 0.717) is 5.56 Å². The van der Waals surface area contributed by atoms with Gasteiger partial charge in [-0.25, -0.2) is 4.98 Å². The fourth-order valence-corrected chi connectivity index (χ4v) is 4.11. The predicted molar refractivity (Wildman–Crippen MR) is 121 cm³/mol. The van der Waals surface area contributed by atoms with E-state index in [-0.39, 0.29) is 17.9 Å². The third-order valence-electron chi connectivity index (χ3n) is 5.14. The van der Waals surface area contributed by atoms with E-state index in [9.17, 15) is 4.79 Å². The molecule has 4 rings (SSSR count). The number of carbonyl (C=O) groups excluding carboxylic acids is 1. The molecular formula is C23H24N6OS. The number of nitrogens with one attached hydrogen (secondary N) is 1. The summed E-state index contributed by atoms with van der Waals surface area (Å²) in [5, 5.41) is 18.1. The molecule has 2 aromatic carbocycles. The van der Waals surface area contributed by atoms with Gasteiger partial charge in [0.15, 0.2) is 5.82 Å². The molecule has 0 radical (unpaired) electrons. The number of benzene rings is 2. The Balaban J connectivity index is 1.82.